The quantitative estimate of drug-likeness (QED) is 0.834. The van der Waals surface area contributed by atoms with Gasteiger partial charge in [0.2, 0.25) is 0 Å². The van der Waals surface area contributed by atoms with Gasteiger partial charge in [-0.05, 0) is 37.6 Å². The van der Waals surface area contributed by atoms with Crippen molar-refractivity contribution in [1.29, 1.82) is 0 Å². The van der Waals surface area contributed by atoms with Crippen molar-refractivity contribution in [3.8, 4) is 5.75 Å². The van der Waals surface area contributed by atoms with E-state index in [1.807, 2.05) is 7.05 Å². The summed E-state index contributed by atoms with van der Waals surface area (Å²) < 4.78 is 40.3. The lowest BCUT2D eigenvalue weighted by molar-refractivity contribution is -0.274. The van der Waals surface area contributed by atoms with Crippen molar-refractivity contribution in [2.24, 2.45) is 5.73 Å². The highest BCUT2D eigenvalue weighted by Crippen LogP contribution is 2.27. The molecule has 0 aliphatic heterocycles. The minimum atomic E-state index is -4.67. The number of halogens is 3. The molecule has 0 aliphatic carbocycles. The maximum Gasteiger partial charge on any atom is 0.573 e. The summed E-state index contributed by atoms with van der Waals surface area (Å²) in [6, 6.07) is 6.30. The molecule has 0 bridgehead atoms. The molecule has 0 aliphatic rings. The van der Waals surface area contributed by atoms with E-state index in [0.717, 1.165) is 18.4 Å². The lowest BCUT2D eigenvalue weighted by Crippen LogP contribution is -2.38. The fraction of sp³-hybridized carbons (Fsp3) is 0.600. The van der Waals surface area contributed by atoms with E-state index in [9.17, 15) is 13.2 Å². The van der Waals surface area contributed by atoms with Gasteiger partial charge in [0.15, 0.2) is 0 Å². The molecule has 0 fully saturated rings. The second-order valence-electron chi connectivity index (χ2n) is 5.00. The Morgan fingerprint density at radius 1 is 1.14 bits per heavy atom. The molecule has 0 spiro atoms. The molecule has 1 rings (SSSR count). The molecule has 1 aromatic carbocycles. The van der Waals surface area contributed by atoms with E-state index in [-0.39, 0.29) is 11.8 Å². The topological polar surface area (TPSA) is 38.5 Å². The van der Waals surface area contributed by atoms with Gasteiger partial charge >= 0.3 is 6.36 Å². The van der Waals surface area contributed by atoms with E-state index >= 15 is 0 Å². The van der Waals surface area contributed by atoms with E-state index in [1.54, 1.807) is 12.1 Å². The Bertz CT molecular complexity index is 416. The van der Waals surface area contributed by atoms with Crippen molar-refractivity contribution in [2.45, 2.75) is 45.1 Å². The predicted octanol–water partition coefficient (Wildman–Crippen LogP) is 3.71. The predicted molar refractivity (Wildman–Crippen MR) is 77.1 cm³/mol. The number of ether oxygens (including phenoxy) is 1. The zero-order valence-electron chi connectivity index (χ0n) is 12.7. The van der Waals surface area contributed by atoms with Gasteiger partial charge < -0.3 is 10.5 Å². The van der Waals surface area contributed by atoms with Crippen molar-refractivity contribution in [1.82, 2.24) is 4.90 Å². The number of hydrogen-bond donors (Lipinski definition) is 1. The van der Waals surface area contributed by atoms with E-state index in [0.29, 0.717) is 12.6 Å². The third kappa shape index (κ3) is 5.21. The first kappa shape index (κ1) is 17.8. The average Bonchev–Trinajstić information content (AvgIpc) is 2.41. The Balaban J connectivity index is 2.87. The number of rotatable bonds is 7. The van der Waals surface area contributed by atoms with Crippen molar-refractivity contribution < 1.29 is 17.9 Å². The Morgan fingerprint density at radius 2 is 1.67 bits per heavy atom. The number of nitrogens with zero attached hydrogens (tertiary/aromatic N) is 1. The standard InChI is InChI=1S/C15H23F3N2O/c1-4-12(5-2)20(3)14(10-19)11-6-8-13(9-7-11)21-15(16,17)18/h6-9,12,14H,4-5,10,19H2,1-3H3. The van der Waals surface area contributed by atoms with Crippen LogP contribution in [0, 0.1) is 0 Å². The summed E-state index contributed by atoms with van der Waals surface area (Å²) in [6.45, 7) is 4.63. The van der Waals surface area contributed by atoms with Crippen LogP contribution in [-0.2, 0) is 0 Å². The second-order valence-corrected chi connectivity index (χ2v) is 5.00. The number of nitrogens with two attached hydrogens (primary N) is 1. The molecule has 0 saturated heterocycles. The molecule has 0 aromatic heterocycles. The summed E-state index contributed by atoms with van der Waals surface area (Å²) in [4.78, 5) is 2.18. The van der Waals surface area contributed by atoms with Gasteiger partial charge in [0.05, 0.1) is 0 Å². The van der Waals surface area contributed by atoms with Gasteiger partial charge in [-0.3, -0.25) is 4.90 Å². The highest BCUT2D eigenvalue weighted by molar-refractivity contribution is 5.29. The number of hydrogen-bond acceptors (Lipinski definition) is 3. The monoisotopic (exact) mass is 304 g/mol. The van der Waals surface area contributed by atoms with Crippen molar-refractivity contribution >= 4 is 0 Å². The summed E-state index contributed by atoms with van der Waals surface area (Å²) in [7, 11) is 2.00. The fourth-order valence-electron chi connectivity index (χ4n) is 2.55. The normalized spacial score (nSPS) is 13.8. The van der Waals surface area contributed by atoms with Crippen LogP contribution in [0.4, 0.5) is 13.2 Å². The Labute approximate surface area is 123 Å². The van der Waals surface area contributed by atoms with Crippen LogP contribution in [0.15, 0.2) is 24.3 Å². The van der Waals surface area contributed by atoms with Crippen molar-refractivity contribution in [3.05, 3.63) is 29.8 Å². The van der Waals surface area contributed by atoms with Crippen molar-refractivity contribution in [2.75, 3.05) is 13.6 Å². The number of benzene rings is 1. The Morgan fingerprint density at radius 3 is 2.05 bits per heavy atom. The molecule has 2 N–H and O–H groups in total. The van der Waals surface area contributed by atoms with Crippen LogP contribution in [-0.4, -0.2) is 30.9 Å². The van der Waals surface area contributed by atoms with Gasteiger partial charge in [0.1, 0.15) is 5.75 Å². The zero-order chi connectivity index (χ0) is 16.0. The summed E-state index contributed by atoms with van der Waals surface area (Å²) in [5.41, 5.74) is 6.73. The molecule has 120 valence electrons. The van der Waals surface area contributed by atoms with Crippen LogP contribution in [0.3, 0.4) is 0 Å². The van der Waals surface area contributed by atoms with Crippen LogP contribution >= 0.6 is 0 Å². The van der Waals surface area contributed by atoms with Gasteiger partial charge in [0.25, 0.3) is 0 Å². The smallest absolute Gasteiger partial charge is 0.406 e. The first-order valence-corrected chi connectivity index (χ1v) is 7.10. The fourth-order valence-corrected chi connectivity index (χ4v) is 2.55. The molecule has 1 atom stereocenters. The first-order valence-electron chi connectivity index (χ1n) is 7.10. The largest absolute Gasteiger partial charge is 0.573 e. The average molecular weight is 304 g/mol. The van der Waals surface area contributed by atoms with Gasteiger partial charge in [0, 0.05) is 18.6 Å². The van der Waals surface area contributed by atoms with Gasteiger partial charge in [-0.15, -0.1) is 13.2 Å². The summed E-state index contributed by atoms with van der Waals surface area (Å²) in [5.74, 6) is -0.216. The molecular formula is C15H23F3N2O. The second kappa shape index (κ2) is 7.66. The number of alkyl halides is 3. The van der Waals surface area contributed by atoms with Crippen LogP contribution in [0.5, 0.6) is 5.75 Å². The van der Waals surface area contributed by atoms with Crippen LogP contribution < -0.4 is 10.5 Å². The molecule has 3 nitrogen and oxygen atoms in total. The maximum atomic E-state index is 12.1. The van der Waals surface area contributed by atoms with Crippen molar-refractivity contribution in [3.63, 3.8) is 0 Å². The zero-order valence-corrected chi connectivity index (χ0v) is 12.7. The third-order valence-corrected chi connectivity index (χ3v) is 3.73. The molecule has 1 unspecified atom stereocenters. The Kier molecular flexibility index (Phi) is 6.48. The summed E-state index contributed by atoms with van der Waals surface area (Å²) in [5, 5.41) is 0. The van der Waals surface area contributed by atoms with Gasteiger partial charge in [-0.25, -0.2) is 0 Å². The van der Waals surface area contributed by atoms with Crippen LogP contribution in [0.1, 0.15) is 38.3 Å². The van der Waals surface area contributed by atoms with E-state index in [1.165, 1.54) is 12.1 Å². The SMILES string of the molecule is CCC(CC)N(C)C(CN)c1ccc(OC(F)(F)F)cc1. The Hall–Kier alpha value is -1.27. The van der Waals surface area contributed by atoms with Gasteiger partial charge in [-0.2, -0.15) is 0 Å². The van der Waals surface area contributed by atoms with E-state index < -0.39 is 6.36 Å². The van der Waals surface area contributed by atoms with Gasteiger partial charge in [-0.1, -0.05) is 26.0 Å². The highest BCUT2D eigenvalue weighted by Gasteiger charge is 2.31. The van der Waals surface area contributed by atoms with E-state index in [4.69, 9.17) is 5.73 Å². The van der Waals surface area contributed by atoms with Crippen LogP contribution in [0.2, 0.25) is 0 Å². The summed E-state index contributed by atoms with van der Waals surface area (Å²) in [6.07, 6.45) is -2.67. The minimum absolute atomic E-state index is 0.0187. The highest BCUT2D eigenvalue weighted by atomic mass is 19.4. The molecule has 6 heteroatoms. The van der Waals surface area contributed by atoms with Crippen LogP contribution in [0.25, 0.3) is 0 Å². The molecule has 0 heterocycles. The first-order chi connectivity index (χ1) is 9.82. The minimum Gasteiger partial charge on any atom is -0.406 e. The molecule has 1 aromatic rings. The molecule has 0 saturated carbocycles. The maximum absolute atomic E-state index is 12.1. The third-order valence-electron chi connectivity index (χ3n) is 3.73. The molecular weight excluding hydrogens is 281 g/mol. The lowest BCUT2D eigenvalue weighted by atomic mass is 10.0. The molecule has 0 radical (unpaired) electrons. The summed E-state index contributed by atoms with van der Waals surface area (Å²) >= 11 is 0. The van der Waals surface area contributed by atoms with E-state index in [2.05, 4.69) is 23.5 Å². The molecule has 21 heavy (non-hydrogen) atoms. The molecule has 0 amide bonds. The lowest BCUT2D eigenvalue weighted by Gasteiger charge is -2.34. The number of likely N-dealkylation sites (N-methyl/N-ethyl adjacent to an activating group) is 1.